The number of aromatic nitrogens is 3. The fourth-order valence-electron chi connectivity index (χ4n) is 2.19. The van der Waals surface area contributed by atoms with Crippen molar-refractivity contribution in [2.45, 2.75) is 20.8 Å². The Labute approximate surface area is 115 Å². The van der Waals surface area contributed by atoms with Crippen molar-refractivity contribution >= 4 is 17.4 Å². The number of hydrogen-bond acceptors (Lipinski definition) is 4. The number of hydrogen-bond donors (Lipinski definition) is 1. The van der Waals surface area contributed by atoms with Crippen LogP contribution in [0.2, 0.25) is 0 Å². The summed E-state index contributed by atoms with van der Waals surface area (Å²) in [6.07, 6.45) is 1.82. The maximum atomic E-state index is 12.4. The van der Waals surface area contributed by atoms with Gasteiger partial charge < -0.3 is 9.84 Å². The van der Waals surface area contributed by atoms with E-state index in [1.807, 2.05) is 32.2 Å². The van der Waals surface area contributed by atoms with E-state index >= 15 is 0 Å². The maximum absolute atomic E-state index is 12.4. The van der Waals surface area contributed by atoms with E-state index in [0.29, 0.717) is 23.0 Å². The zero-order valence-electron chi connectivity index (χ0n) is 11.5. The number of nitrogens with zero attached hydrogens (tertiary/aromatic N) is 3. The first-order chi connectivity index (χ1) is 9.56. The molecule has 6 heteroatoms. The van der Waals surface area contributed by atoms with Crippen molar-refractivity contribution in [1.29, 1.82) is 0 Å². The number of fused-ring (bicyclic) bond motifs is 1. The summed E-state index contributed by atoms with van der Waals surface area (Å²) in [6.45, 7) is 5.55. The fourth-order valence-corrected chi connectivity index (χ4v) is 2.19. The molecule has 0 aliphatic rings. The summed E-state index contributed by atoms with van der Waals surface area (Å²) >= 11 is 0. The quantitative estimate of drug-likeness (QED) is 0.776. The predicted molar refractivity (Wildman–Crippen MR) is 73.9 cm³/mol. The van der Waals surface area contributed by atoms with E-state index in [4.69, 9.17) is 4.52 Å². The fraction of sp³-hybridized carbons (Fsp3) is 0.214. The topological polar surface area (TPSA) is 72.4 Å². The molecule has 3 aromatic heterocycles. The van der Waals surface area contributed by atoms with Crippen LogP contribution in [0.3, 0.4) is 0 Å². The molecule has 0 radical (unpaired) electrons. The zero-order valence-corrected chi connectivity index (χ0v) is 11.5. The van der Waals surface area contributed by atoms with Gasteiger partial charge in [0, 0.05) is 12.3 Å². The molecule has 0 unspecified atom stereocenters. The molecule has 0 saturated heterocycles. The van der Waals surface area contributed by atoms with Gasteiger partial charge in [-0.1, -0.05) is 11.2 Å². The molecule has 102 valence electrons. The minimum Gasteiger partial charge on any atom is -0.360 e. The Morgan fingerprint density at radius 3 is 2.85 bits per heavy atom. The van der Waals surface area contributed by atoms with Crippen molar-refractivity contribution in [3.63, 3.8) is 0 Å². The number of pyridine rings is 1. The molecule has 3 aromatic rings. The lowest BCUT2D eigenvalue weighted by Gasteiger charge is -2.03. The van der Waals surface area contributed by atoms with Gasteiger partial charge in [-0.15, -0.1) is 0 Å². The molecule has 6 nitrogen and oxygen atoms in total. The van der Waals surface area contributed by atoms with Crippen LogP contribution in [0.15, 0.2) is 28.9 Å². The number of rotatable bonds is 2. The van der Waals surface area contributed by atoms with Crippen LogP contribution in [0, 0.1) is 20.8 Å². The Hall–Kier alpha value is -2.63. The third kappa shape index (κ3) is 1.95. The molecule has 0 saturated carbocycles. The molecule has 1 N–H and O–H groups in total. The SMILES string of the molecule is Cc1cc(NC(=O)c2c(C)nc3c(C)cccn23)no1. The smallest absolute Gasteiger partial charge is 0.275 e. The number of carbonyl (C=O) groups is 1. The van der Waals surface area contributed by atoms with Gasteiger partial charge in [0.15, 0.2) is 5.82 Å². The van der Waals surface area contributed by atoms with Crippen molar-refractivity contribution in [2.75, 3.05) is 5.32 Å². The Morgan fingerprint density at radius 2 is 2.15 bits per heavy atom. The van der Waals surface area contributed by atoms with Gasteiger partial charge in [-0.25, -0.2) is 4.98 Å². The van der Waals surface area contributed by atoms with Crippen LogP contribution in [0.25, 0.3) is 5.65 Å². The number of nitrogens with one attached hydrogen (secondary N) is 1. The summed E-state index contributed by atoms with van der Waals surface area (Å²) in [5.41, 5.74) is 2.99. The van der Waals surface area contributed by atoms with E-state index in [-0.39, 0.29) is 5.91 Å². The molecule has 0 aromatic carbocycles. The monoisotopic (exact) mass is 270 g/mol. The molecule has 20 heavy (non-hydrogen) atoms. The third-order valence-electron chi connectivity index (χ3n) is 3.10. The highest BCUT2D eigenvalue weighted by molar-refractivity contribution is 6.04. The van der Waals surface area contributed by atoms with Crippen molar-refractivity contribution in [2.24, 2.45) is 0 Å². The lowest BCUT2D eigenvalue weighted by atomic mass is 10.3. The first kappa shape index (κ1) is 12.4. The molecule has 0 aliphatic carbocycles. The van der Waals surface area contributed by atoms with Crippen LogP contribution in [-0.2, 0) is 0 Å². The predicted octanol–water partition coefficient (Wildman–Crippen LogP) is 2.50. The molecule has 1 amide bonds. The Balaban J connectivity index is 2.03. The van der Waals surface area contributed by atoms with Crippen LogP contribution in [0.4, 0.5) is 5.82 Å². The molecule has 3 heterocycles. The summed E-state index contributed by atoms with van der Waals surface area (Å²) < 4.78 is 6.72. The van der Waals surface area contributed by atoms with Gasteiger partial charge in [0.1, 0.15) is 17.1 Å². The van der Waals surface area contributed by atoms with Gasteiger partial charge >= 0.3 is 0 Å². The van der Waals surface area contributed by atoms with Gasteiger partial charge in [-0.05, 0) is 32.4 Å². The largest absolute Gasteiger partial charge is 0.360 e. The van der Waals surface area contributed by atoms with Crippen molar-refractivity contribution in [1.82, 2.24) is 14.5 Å². The summed E-state index contributed by atoms with van der Waals surface area (Å²) in [5.74, 6) is 0.786. The van der Waals surface area contributed by atoms with E-state index in [1.54, 1.807) is 17.4 Å². The highest BCUT2D eigenvalue weighted by Crippen LogP contribution is 2.17. The van der Waals surface area contributed by atoms with Crippen LogP contribution in [-0.4, -0.2) is 20.4 Å². The number of amides is 1. The Kier molecular flexibility index (Phi) is 2.78. The Bertz CT molecular complexity index is 801. The van der Waals surface area contributed by atoms with E-state index in [1.165, 1.54) is 0 Å². The van der Waals surface area contributed by atoms with Crippen molar-refractivity contribution in [3.05, 3.63) is 47.1 Å². The number of aryl methyl sites for hydroxylation is 3. The highest BCUT2D eigenvalue weighted by Gasteiger charge is 2.18. The highest BCUT2D eigenvalue weighted by atomic mass is 16.5. The molecule has 0 atom stereocenters. The van der Waals surface area contributed by atoms with E-state index in [0.717, 1.165) is 11.2 Å². The van der Waals surface area contributed by atoms with Crippen LogP contribution >= 0.6 is 0 Å². The van der Waals surface area contributed by atoms with E-state index in [2.05, 4.69) is 15.5 Å². The number of imidazole rings is 1. The molecule has 0 spiro atoms. The molecule has 3 rings (SSSR count). The Morgan fingerprint density at radius 1 is 1.35 bits per heavy atom. The summed E-state index contributed by atoms with van der Waals surface area (Å²) in [4.78, 5) is 16.8. The lowest BCUT2D eigenvalue weighted by molar-refractivity contribution is 0.102. The second-order valence-corrected chi connectivity index (χ2v) is 4.71. The second-order valence-electron chi connectivity index (χ2n) is 4.71. The second kappa shape index (κ2) is 4.48. The standard InChI is InChI=1S/C14H14N4O2/c1-8-5-4-6-18-12(10(3)15-13(8)18)14(19)16-11-7-9(2)20-17-11/h4-7H,1-3H3,(H,16,17,19). The average molecular weight is 270 g/mol. The first-order valence-electron chi connectivity index (χ1n) is 6.25. The molecule has 0 fully saturated rings. The van der Waals surface area contributed by atoms with Gasteiger partial charge in [0.2, 0.25) is 0 Å². The van der Waals surface area contributed by atoms with Gasteiger partial charge in [-0.2, -0.15) is 0 Å². The van der Waals surface area contributed by atoms with Crippen LogP contribution in [0.1, 0.15) is 27.5 Å². The molecule has 0 bridgehead atoms. The van der Waals surface area contributed by atoms with Crippen LogP contribution < -0.4 is 5.32 Å². The minimum atomic E-state index is -0.256. The summed E-state index contributed by atoms with van der Waals surface area (Å²) in [7, 11) is 0. The van der Waals surface area contributed by atoms with E-state index < -0.39 is 0 Å². The molecular formula is C14H14N4O2. The lowest BCUT2D eigenvalue weighted by Crippen LogP contribution is -2.15. The van der Waals surface area contributed by atoms with Gasteiger partial charge in [0.05, 0.1) is 5.69 Å². The summed E-state index contributed by atoms with van der Waals surface area (Å²) in [5, 5.41) is 6.47. The first-order valence-corrected chi connectivity index (χ1v) is 6.25. The third-order valence-corrected chi connectivity index (χ3v) is 3.10. The minimum absolute atomic E-state index is 0.256. The van der Waals surface area contributed by atoms with Crippen LogP contribution in [0.5, 0.6) is 0 Å². The van der Waals surface area contributed by atoms with Crippen molar-refractivity contribution in [3.8, 4) is 0 Å². The average Bonchev–Trinajstić information content (AvgIpc) is 2.93. The number of carbonyl (C=O) groups excluding carboxylic acids is 1. The molecule has 0 aliphatic heterocycles. The number of anilines is 1. The van der Waals surface area contributed by atoms with E-state index in [9.17, 15) is 4.79 Å². The maximum Gasteiger partial charge on any atom is 0.275 e. The zero-order chi connectivity index (χ0) is 14.3. The normalized spacial score (nSPS) is 10.9. The van der Waals surface area contributed by atoms with Crippen molar-refractivity contribution < 1.29 is 9.32 Å². The molecular weight excluding hydrogens is 256 g/mol. The van der Waals surface area contributed by atoms with Gasteiger partial charge in [-0.3, -0.25) is 9.20 Å². The van der Waals surface area contributed by atoms with Gasteiger partial charge in [0.25, 0.3) is 5.91 Å². The summed E-state index contributed by atoms with van der Waals surface area (Å²) in [6, 6.07) is 5.52.